The number of rotatable bonds is 4. The average molecular weight is 454 g/mol. The molecule has 0 aliphatic carbocycles. The van der Waals surface area contributed by atoms with E-state index in [1.165, 1.54) is 24.2 Å². The van der Waals surface area contributed by atoms with Gasteiger partial charge in [0.15, 0.2) is 10.9 Å². The minimum atomic E-state index is -0.934. The summed E-state index contributed by atoms with van der Waals surface area (Å²) in [4.78, 5) is 47.9. The number of ketones is 2. The van der Waals surface area contributed by atoms with Crippen LogP contribution in [0.2, 0.25) is 5.02 Å². The molecule has 0 saturated carbocycles. The van der Waals surface area contributed by atoms with Crippen molar-refractivity contribution in [1.29, 1.82) is 0 Å². The summed E-state index contributed by atoms with van der Waals surface area (Å²) < 4.78 is 0. The number of amides is 1. The van der Waals surface area contributed by atoms with Crippen molar-refractivity contribution in [2.45, 2.75) is 19.9 Å². The number of aromatic nitrogens is 2. The maximum Gasteiger partial charge on any atom is 0.301 e. The quantitative estimate of drug-likeness (QED) is 0.273. The number of Topliss-reactive ketones (excluding diaryl/α,β-unsaturated/α-hetero) is 2. The standard InChI is InChI=1S/C22H16ClN3O4S/c1-11-20(12(2)27)31-22(25-11)26-17(13-3-5-15(23)6-4-13)16(19(29)21(26)30)18(28)14-7-9-24-10-8-14/h3-10,17,28H,1-2H3/b18-16+. The lowest BCUT2D eigenvalue weighted by Gasteiger charge is -2.23. The molecule has 1 fully saturated rings. The summed E-state index contributed by atoms with van der Waals surface area (Å²) in [7, 11) is 0. The van der Waals surface area contributed by atoms with Gasteiger partial charge in [0, 0.05) is 29.9 Å². The number of aliphatic hydroxyl groups is 1. The maximum atomic E-state index is 13.1. The number of nitrogens with zero attached hydrogens (tertiary/aromatic N) is 3. The zero-order valence-corrected chi connectivity index (χ0v) is 18.1. The molecule has 1 saturated heterocycles. The third-order valence-electron chi connectivity index (χ3n) is 4.90. The molecule has 0 radical (unpaired) electrons. The van der Waals surface area contributed by atoms with Gasteiger partial charge in [-0.05, 0) is 36.8 Å². The number of thiazole rings is 1. The third-order valence-corrected chi connectivity index (χ3v) is 6.40. The molecule has 2 aromatic heterocycles. The van der Waals surface area contributed by atoms with Gasteiger partial charge in [-0.3, -0.25) is 24.3 Å². The molecule has 1 aliphatic rings. The van der Waals surface area contributed by atoms with Crippen molar-refractivity contribution in [3.8, 4) is 0 Å². The van der Waals surface area contributed by atoms with Gasteiger partial charge in [0.25, 0.3) is 5.78 Å². The summed E-state index contributed by atoms with van der Waals surface area (Å²) in [6.45, 7) is 3.08. The molecule has 1 unspecified atom stereocenters. The smallest absolute Gasteiger partial charge is 0.301 e. The molecule has 1 amide bonds. The van der Waals surface area contributed by atoms with Gasteiger partial charge in [-0.1, -0.05) is 35.1 Å². The molecule has 156 valence electrons. The van der Waals surface area contributed by atoms with Crippen LogP contribution in [0.1, 0.15) is 39.5 Å². The van der Waals surface area contributed by atoms with Crippen LogP contribution in [0.5, 0.6) is 0 Å². The molecular formula is C22H16ClN3O4S. The molecule has 0 spiro atoms. The van der Waals surface area contributed by atoms with E-state index in [4.69, 9.17) is 11.6 Å². The molecule has 1 aromatic carbocycles. The second-order valence-corrected chi connectivity index (χ2v) is 8.34. The van der Waals surface area contributed by atoms with Crippen LogP contribution in [-0.4, -0.2) is 32.5 Å². The van der Waals surface area contributed by atoms with Crippen LogP contribution in [0.4, 0.5) is 5.13 Å². The van der Waals surface area contributed by atoms with E-state index in [-0.39, 0.29) is 22.2 Å². The second kappa shape index (κ2) is 8.05. The Morgan fingerprint density at radius 3 is 2.35 bits per heavy atom. The molecule has 31 heavy (non-hydrogen) atoms. The summed E-state index contributed by atoms with van der Waals surface area (Å²) in [6.07, 6.45) is 2.96. The molecule has 4 rings (SSSR count). The zero-order chi connectivity index (χ0) is 22.3. The highest BCUT2D eigenvalue weighted by Gasteiger charge is 2.48. The minimum Gasteiger partial charge on any atom is -0.507 e. The Morgan fingerprint density at radius 1 is 1.13 bits per heavy atom. The summed E-state index contributed by atoms with van der Waals surface area (Å²) in [5.41, 5.74) is 1.32. The van der Waals surface area contributed by atoms with Gasteiger partial charge >= 0.3 is 5.91 Å². The van der Waals surface area contributed by atoms with Gasteiger partial charge in [0.2, 0.25) is 0 Å². The van der Waals surface area contributed by atoms with Crippen molar-refractivity contribution in [2.75, 3.05) is 4.90 Å². The van der Waals surface area contributed by atoms with Gasteiger partial charge in [0.1, 0.15) is 5.76 Å². The molecule has 0 bridgehead atoms. The molecular weight excluding hydrogens is 438 g/mol. The number of pyridine rings is 1. The lowest BCUT2D eigenvalue weighted by molar-refractivity contribution is -0.132. The molecule has 9 heteroatoms. The first-order valence-electron chi connectivity index (χ1n) is 9.24. The maximum absolute atomic E-state index is 13.1. The lowest BCUT2D eigenvalue weighted by Crippen LogP contribution is -2.29. The molecule has 3 heterocycles. The third kappa shape index (κ3) is 3.64. The summed E-state index contributed by atoms with van der Waals surface area (Å²) >= 11 is 7.05. The number of hydrogen-bond donors (Lipinski definition) is 1. The first-order chi connectivity index (χ1) is 14.8. The fraction of sp³-hybridized carbons (Fsp3) is 0.136. The Hall–Kier alpha value is -3.36. The lowest BCUT2D eigenvalue weighted by atomic mass is 9.96. The van der Waals surface area contributed by atoms with Gasteiger partial charge in [-0.2, -0.15) is 0 Å². The fourth-order valence-electron chi connectivity index (χ4n) is 3.47. The number of carbonyl (C=O) groups is 3. The molecule has 1 aliphatic heterocycles. The van der Waals surface area contributed by atoms with Crippen LogP contribution in [0, 0.1) is 6.92 Å². The largest absolute Gasteiger partial charge is 0.507 e. The van der Waals surface area contributed by atoms with E-state index in [1.54, 1.807) is 43.3 Å². The first-order valence-corrected chi connectivity index (χ1v) is 10.4. The minimum absolute atomic E-state index is 0.0734. The number of aryl methyl sites for hydroxylation is 1. The van der Waals surface area contributed by atoms with Gasteiger partial charge in [-0.15, -0.1) is 0 Å². The van der Waals surface area contributed by atoms with Gasteiger partial charge < -0.3 is 5.11 Å². The van der Waals surface area contributed by atoms with Crippen LogP contribution >= 0.6 is 22.9 Å². The van der Waals surface area contributed by atoms with Crippen molar-refractivity contribution in [3.05, 3.63) is 81.1 Å². The summed E-state index contributed by atoms with van der Waals surface area (Å²) in [5.74, 6) is -2.17. The Bertz CT molecular complexity index is 1240. The van der Waals surface area contributed by atoms with E-state index >= 15 is 0 Å². The van der Waals surface area contributed by atoms with E-state index in [9.17, 15) is 19.5 Å². The van der Waals surface area contributed by atoms with E-state index in [0.717, 1.165) is 11.3 Å². The normalized spacial score (nSPS) is 17.9. The fourth-order valence-corrected chi connectivity index (χ4v) is 4.58. The zero-order valence-electron chi connectivity index (χ0n) is 16.5. The Kier molecular flexibility index (Phi) is 5.43. The van der Waals surface area contributed by atoms with Crippen LogP contribution in [0.25, 0.3) is 5.76 Å². The van der Waals surface area contributed by atoms with Gasteiger partial charge in [-0.25, -0.2) is 4.98 Å². The topological polar surface area (TPSA) is 100 Å². The van der Waals surface area contributed by atoms with E-state index in [1.807, 2.05) is 0 Å². The first kappa shape index (κ1) is 20.9. The predicted molar refractivity (Wildman–Crippen MR) is 117 cm³/mol. The Balaban J connectivity index is 1.95. The number of halogens is 1. The highest BCUT2D eigenvalue weighted by Crippen LogP contribution is 2.44. The predicted octanol–water partition coefficient (Wildman–Crippen LogP) is 4.33. The molecule has 1 atom stereocenters. The Labute approximate surface area is 186 Å². The van der Waals surface area contributed by atoms with Crippen LogP contribution in [-0.2, 0) is 9.59 Å². The van der Waals surface area contributed by atoms with Crippen molar-refractivity contribution < 1.29 is 19.5 Å². The van der Waals surface area contributed by atoms with Crippen molar-refractivity contribution in [3.63, 3.8) is 0 Å². The highest BCUT2D eigenvalue weighted by molar-refractivity contribution is 7.18. The number of benzene rings is 1. The summed E-state index contributed by atoms with van der Waals surface area (Å²) in [5, 5.41) is 11.7. The van der Waals surface area contributed by atoms with E-state index < -0.39 is 17.7 Å². The van der Waals surface area contributed by atoms with Crippen molar-refractivity contribution in [1.82, 2.24) is 9.97 Å². The highest BCUT2D eigenvalue weighted by atomic mass is 35.5. The number of carbonyl (C=O) groups excluding carboxylic acids is 3. The van der Waals surface area contributed by atoms with Crippen LogP contribution < -0.4 is 4.90 Å². The van der Waals surface area contributed by atoms with Gasteiger partial charge in [0.05, 0.1) is 22.2 Å². The SMILES string of the molecule is CC(=O)c1sc(N2C(=O)C(=O)/C(=C(/O)c3ccncc3)C2c2ccc(Cl)cc2)nc1C. The van der Waals surface area contributed by atoms with Crippen LogP contribution in [0.15, 0.2) is 54.4 Å². The van der Waals surface area contributed by atoms with Crippen molar-refractivity contribution in [2.24, 2.45) is 0 Å². The monoisotopic (exact) mass is 453 g/mol. The molecule has 3 aromatic rings. The second-order valence-electron chi connectivity index (χ2n) is 6.92. The Morgan fingerprint density at radius 2 is 1.77 bits per heavy atom. The van der Waals surface area contributed by atoms with Crippen LogP contribution in [0.3, 0.4) is 0 Å². The van der Waals surface area contributed by atoms with E-state index in [0.29, 0.717) is 26.7 Å². The number of anilines is 1. The number of hydrogen-bond acceptors (Lipinski definition) is 7. The molecule has 1 N–H and O–H groups in total. The molecule has 7 nitrogen and oxygen atoms in total. The summed E-state index contributed by atoms with van der Waals surface area (Å²) in [6, 6.07) is 8.79. The van der Waals surface area contributed by atoms with E-state index in [2.05, 4.69) is 9.97 Å². The number of aliphatic hydroxyl groups excluding tert-OH is 1. The van der Waals surface area contributed by atoms with Crippen molar-refractivity contribution >= 4 is 51.3 Å². The average Bonchev–Trinajstić information content (AvgIpc) is 3.26.